The van der Waals surface area contributed by atoms with E-state index in [2.05, 4.69) is 55.4 Å². The zero-order valence-electron chi connectivity index (χ0n) is 15.0. The smallest absolute Gasteiger partial charge is 0.168 e. The van der Waals surface area contributed by atoms with Crippen LogP contribution >= 0.6 is 0 Å². The van der Waals surface area contributed by atoms with Gasteiger partial charge in [0.2, 0.25) is 0 Å². The maximum atomic E-state index is 4.42. The second-order valence-electron chi connectivity index (χ2n) is 5.50. The summed E-state index contributed by atoms with van der Waals surface area (Å²) in [5, 5.41) is 8.83. The molecule has 2 rings (SSSR count). The molecular formula is C22H25N3. The van der Waals surface area contributed by atoms with Crippen LogP contribution in [0.15, 0.2) is 85.5 Å². The van der Waals surface area contributed by atoms with Crippen LogP contribution in [0, 0.1) is 0 Å². The van der Waals surface area contributed by atoms with E-state index in [1.165, 1.54) is 5.57 Å². The van der Waals surface area contributed by atoms with Gasteiger partial charge in [-0.25, -0.2) is 0 Å². The standard InChI is InChI=1S/C22H25N3/c1-5-13-20(8-4)25-21(17-12-14-18(6-2)7-3)23-24-22(25)19-15-10-9-11-16-19/h5-6,8-16H,1,4,7,17H2,2-3H3/b14-12-,18-6-,20-13+. The second-order valence-corrected chi connectivity index (χ2v) is 5.50. The van der Waals surface area contributed by atoms with Gasteiger partial charge in [0.05, 0.1) is 0 Å². The molecule has 3 heteroatoms. The van der Waals surface area contributed by atoms with Crippen molar-refractivity contribution in [2.45, 2.75) is 26.7 Å². The largest absolute Gasteiger partial charge is 0.279 e. The second kappa shape index (κ2) is 9.38. The number of allylic oxidation sites excluding steroid dienone is 8. The van der Waals surface area contributed by atoms with Gasteiger partial charge in [-0.15, -0.1) is 10.2 Å². The molecule has 0 radical (unpaired) electrons. The third-order valence-corrected chi connectivity index (χ3v) is 3.93. The molecule has 1 aromatic heterocycles. The summed E-state index contributed by atoms with van der Waals surface area (Å²) in [5.41, 5.74) is 3.23. The summed E-state index contributed by atoms with van der Waals surface area (Å²) in [5.74, 6) is 1.67. The van der Waals surface area contributed by atoms with Crippen molar-refractivity contribution in [3.63, 3.8) is 0 Å². The molecule has 25 heavy (non-hydrogen) atoms. The first-order valence-corrected chi connectivity index (χ1v) is 8.52. The minimum Gasteiger partial charge on any atom is -0.279 e. The van der Waals surface area contributed by atoms with Crippen LogP contribution in [0.1, 0.15) is 26.1 Å². The minimum atomic E-state index is 0.694. The van der Waals surface area contributed by atoms with Crippen LogP contribution in [0.4, 0.5) is 0 Å². The number of rotatable bonds is 8. The summed E-state index contributed by atoms with van der Waals surface area (Å²) in [7, 11) is 0. The van der Waals surface area contributed by atoms with Gasteiger partial charge < -0.3 is 0 Å². The Morgan fingerprint density at radius 3 is 2.52 bits per heavy atom. The van der Waals surface area contributed by atoms with Crippen LogP contribution in [0.5, 0.6) is 0 Å². The Balaban J connectivity index is 2.47. The van der Waals surface area contributed by atoms with Crippen molar-refractivity contribution in [2.24, 2.45) is 0 Å². The molecule has 0 aliphatic rings. The fourth-order valence-corrected chi connectivity index (χ4v) is 2.58. The minimum absolute atomic E-state index is 0.694. The SMILES string of the molecule is C=C/C=C(\C=C)n1c(C/C=C\C(=C/C)CC)nnc1-c1ccccc1. The number of hydrogen-bond acceptors (Lipinski definition) is 2. The van der Waals surface area contributed by atoms with Crippen molar-refractivity contribution in [1.82, 2.24) is 14.8 Å². The normalized spacial score (nSPS) is 12.6. The highest BCUT2D eigenvalue weighted by molar-refractivity contribution is 5.67. The summed E-state index contributed by atoms with van der Waals surface area (Å²) < 4.78 is 2.04. The Bertz CT molecular complexity index is 805. The highest BCUT2D eigenvalue weighted by Gasteiger charge is 2.14. The Hall–Kier alpha value is -2.94. The monoisotopic (exact) mass is 331 g/mol. The summed E-state index contributed by atoms with van der Waals surface area (Å²) in [4.78, 5) is 0. The van der Waals surface area contributed by atoms with Gasteiger partial charge in [-0.3, -0.25) is 4.57 Å². The van der Waals surface area contributed by atoms with Crippen molar-refractivity contribution in [3.05, 3.63) is 91.3 Å². The van der Waals surface area contributed by atoms with Crippen LogP contribution in [0.25, 0.3) is 17.1 Å². The maximum absolute atomic E-state index is 4.42. The number of aromatic nitrogens is 3. The molecule has 0 N–H and O–H groups in total. The van der Waals surface area contributed by atoms with Gasteiger partial charge in [0.1, 0.15) is 5.82 Å². The number of nitrogens with zero attached hydrogens (tertiary/aromatic N) is 3. The van der Waals surface area contributed by atoms with E-state index in [1.807, 2.05) is 41.0 Å². The van der Waals surface area contributed by atoms with E-state index in [0.29, 0.717) is 6.42 Å². The summed E-state index contributed by atoms with van der Waals surface area (Å²) in [6, 6.07) is 10.1. The first-order chi connectivity index (χ1) is 12.2. The third-order valence-electron chi connectivity index (χ3n) is 3.93. The zero-order chi connectivity index (χ0) is 18.1. The first-order valence-electron chi connectivity index (χ1n) is 8.52. The van der Waals surface area contributed by atoms with Gasteiger partial charge >= 0.3 is 0 Å². The molecular weight excluding hydrogens is 306 g/mol. The molecule has 128 valence electrons. The van der Waals surface area contributed by atoms with Gasteiger partial charge in [0.25, 0.3) is 0 Å². The fraction of sp³-hybridized carbons (Fsp3) is 0.182. The topological polar surface area (TPSA) is 30.7 Å². The van der Waals surface area contributed by atoms with Gasteiger partial charge in [-0.05, 0) is 25.5 Å². The fourth-order valence-electron chi connectivity index (χ4n) is 2.58. The van der Waals surface area contributed by atoms with Crippen LogP contribution < -0.4 is 0 Å². The summed E-state index contributed by atoms with van der Waals surface area (Å²) >= 11 is 0. The molecule has 0 bridgehead atoms. The van der Waals surface area contributed by atoms with E-state index in [-0.39, 0.29) is 0 Å². The van der Waals surface area contributed by atoms with E-state index < -0.39 is 0 Å². The molecule has 0 amide bonds. The van der Waals surface area contributed by atoms with E-state index in [4.69, 9.17) is 0 Å². The van der Waals surface area contributed by atoms with Crippen molar-refractivity contribution < 1.29 is 0 Å². The van der Waals surface area contributed by atoms with Crippen LogP contribution in [0.3, 0.4) is 0 Å². The molecule has 3 nitrogen and oxygen atoms in total. The molecule has 1 heterocycles. The lowest BCUT2D eigenvalue weighted by Gasteiger charge is -2.10. The molecule has 0 atom stereocenters. The molecule has 0 unspecified atom stereocenters. The Labute approximate surface area is 150 Å². The molecule has 1 aromatic carbocycles. The Morgan fingerprint density at radius 1 is 1.16 bits per heavy atom. The molecule has 0 saturated heterocycles. The molecule has 0 fully saturated rings. The highest BCUT2D eigenvalue weighted by Crippen LogP contribution is 2.23. The van der Waals surface area contributed by atoms with Crippen LogP contribution in [0.2, 0.25) is 0 Å². The quantitative estimate of drug-likeness (QED) is 0.588. The van der Waals surface area contributed by atoms with Crippen molar-refractivity contribution >= 4 is 5.70 Å². The number of hydrogen-bond donors (Lipinski definition) is 0. The van der Waals surface area contributed by atoms with E-state index in [1.54, 1.807) is 12.2 Å². The van der Waals surface area contributed by atoms with Crippen molar-refractivity contribution in [2.75, 3.05) is 0 Å². The molecule has 0 spiro atoms. The van der Waals surface area contributed by atoms with Crippen molar-refractivity contribution in [1.29, 1.82) is 0 Å². The van der Waals surface area contributed by atoms with Crippen LogP contribution in [-0.2, 0) is 6.42 Å². The average molecular weight is 331 g/mol. The van der Waals surface area contributed by atoms with E-state index in [9.17, 15) is 0 Å². The molecule has 2 aromatic rings. The lowest BCUT2D eigenvalue weighted by atomic mass is 10.1. The highest BCUT2D eigenvalue weighted by atomic mass is 15.3. The van der Waals surface area contributed by atoms with Gasteiger partial charge in [0.15, 0.2) is 5.82 Å². The Morgan fingerprint density at radius 2 is 1.92 bits per heavy atom. The summed E-state index contributed by atoms with van der Waals surface area (Å²) in [6.45, 7) is 11.9. The first kappa shape index (κ1) is 18.4. The third kappa shape index (κ3) is 4.54. The molecule has 0 aliphatic heterocycles. The summed E-state index contributed by atoms with van der Waals surface area (Å²) in [6.07, 6.45) is 13.6. The number of benzene rings is 1. The van der Waals surface area contributed by atoms with E-state index >= 15 is 0 Å². The molecule has 0 aliphatic carbocycles. The zero-order valence-corrected chi connectivity index (χ0v) is 15.0. The van der Waals surface area contributed by atoms with E-state index in [0.717, 1.165) is 29.3 Å². The van der Waals surface area contributed by atoms with Gasteiger partial charge in [-0.1, -0.05) is 80.3 Å². The Kier molecular flexibility index (Phi) is 6.90. The lowest BCUT2D eigenvalue weighted by molar-refractivity contribution is 0.938. The predicted octanol–water partition coefficient (Wildman–Crippen LogP) is 5.61. The maximum Gasteiger partial charge on any atom is 0.168 e. The predicted molar refractivity (Wildman–Crippen MR) is 107 cm³/mol. The average Bonchev–Trinajstić information content (AvgIpc) is 3.07. The molecule has 0 saturated carbocycles. The van der Waals surface area contributed by atoms with Crippen molar-refractivity contribution in [3.8, 4) is 11.4 Å². The van der Waals surface area contributed by atoms with Gasteiger partial charge in [-0.2, -0.15) is 0 Å². The van der Waals surface area contributed by atoms with Gasteiger partial charge in [0, 0.05) is 17.7 Å². The van der Waals surface area contributed by atoms with Crippen LogP contribution in [-0.4, -0.2) is 14.8 Å². The lowest BCUT2D eigenvalue weighted by Crippen LogP contribution is -2.03.